The molecule has 1 nitrogen and oxygen atoms in total. The minimum Gasteiger partial charge on any atom is -0.372 e. The number of rotatable bonds is 4. The molecule has 102 valence electrons. The van der Waals surface area contributed by atoms with Crippen LogP contribution in [0.25, 0.3) is 0 Å². The molecule has 2 heteroatoms. The van der Waals surface area contributed by atoms with Gasteiger partial charge in [-0.25, -0.2) is 0 Å². The summed E-state index contributed by atoms with van der Waals surface area (Å²) >= 11 is 1.71. The minimum absolute atomic E-state index is 0.676. The number of thiophene rings is 1. The fourth-order valence-electron chi connectivity index (χ4n) is 1.66. The van der Waals surface area contributed by atoms with Gasteiger partial charge in [0.05, 0.1) is 13.2 Å². The van der Waals surface area contributed by atoms with Crippen LogP contribution in [0, 0.1) is 0 Å². The highest BCUT2D eigenvalue weighted by atomic mass is 32.1. The van der Waals surface area contributed by atoms with E-state index >= 15 is 0 Å². The molecule has 3 rings (SSSR count). The lowest BCUT2D eigenvalue weighted by molar-refractivity contribution is 0.107. The zero-order chi connectivity index (χ0) is 13.9. The summed E-state index contributed by atoms with van der Waals surface area (Å²) in [7, 11) is 0. The molecule has 2 aromatic carbocycles. The lowest BCUT2D eigenvalue weighted by atomic mass is 10.2. The Morgan fingerprint density at radius 3 is 1.40 bits per heavy atom. The highest BCUT2D eigenvalue weighted by Gasteiger charge is 1.93. The van der Waals surface area contributed by atoms with Crippen LogP contribution in [0.1, 0.15) is 11.1 Å². The Bertz CT molecular complexity index is 490. The molecular weight excluding hydrogens is 264 g/mol. The van der Waals surface area contributed by atoms with Crippen molar-refractivity contribution in [3.05, 3.63) is 94.7 Å². The summed E-state index contributed by atoms with van der Waals surface area (Å²) in [4.78, 5) is 0. The van der Waals surface area contributed by atoms with Gasteiger partial charge in [0.15, 0.2) is 0 Å². The van der Waals surface area contributed by atoms with E-state index in [9.17, 15) is 0 Å². The fourth-order valence-corrected chi connectivity index (χ4v) is 2.12. The first-order valence-corrected chi connectivity index (χ1v) is 7.52. The zero-order valence-electron chi connectivity index (χ0n) is 11.3. The molecule has 0 saturated carbocycles. The molecule has 1 aromatic heterocycles. The van der Waals surface area contributed by atoms with Gasteiger partial charge in [-0.15, -0.1) is 0 Å². The first-order valence-electron chi connectivity index (χ1n) is 6.58. The van der Waals surface area contributed by atoms with Crippen LogP contribution >= 0.6 is 11.3 Å². The molecule has 3 aromatic rings. The third-order valence-electron chi connectivity index (χ3n) is 2.65. The lowest BCUT2D eigenvalue weighted by Crippen LogP contribution is -1.93. The van der Waals surface area contributed by atoms with Crippen LogP contribution in [-0.4, -0.2) is 0 Å². The Labute approximate surface area is 124 Å². The van der Waals surface area contributed by atoms with E-state index in [1.807, 2.05) is 59.3 Å². The zero-order valence-corrected chi connectivity index (χ0v) is 12.1. The average Bonchev–Trinajstić information content (AvgIpc) is 3.09. The number of ether oxygens (including phenoxy) is 1. The fraction of sp³-hybridized carbons (Fsp3) is 0.111. The van der Waals surface area contributed by atoms with Gasteiger partial charge in [0, 0.05) is 0 Å². The van der Waals surface area contributed by atoms with Gasteiger partial charge in [0.2, 0.25) is 0 Å². The molecule has 0 amide bonds. The van der Waals surface area contributed by atoms with Crippen LogP contribution in [0.5, 0.6) is 0 Å². The van der Waals surface area contributed by atoms with E-state index in [1.165, 1.54) is 11.1 Å². The molecule has 0 fully saturated rings. The molecule has 0 radical (unpaired) electrons. The number of hydrogen-bond donors (Lipinski definition) is 0. The highest BCUT2D eigenvalue weighted by molar-refractivity contribution is 7.07. The second kappa shape index (κ2) is 9.08. The van der Waals surface area contributed by atoms with E-state index < -0.39 is 0 Å². The van der Waals surface area contributed by atoms with Crippen molar-refractivity contribution in [1.82, 2.24) is 0 Å². The molecule has 0 spiro atoms. The van der Waals surface area contributed by atoms with Gasteiger partial charge < -0.3 is 4.74 Å². The maximum atomic E-state index is 5.61. The van der Waals surface area contributed by atoms with E-state index in [4.69, 9.17) is 4.74 Å². The Kier molecular flexibility index (Phi) is 6.58. The van der Waals surface area contributed by atoms with Crippen LogP contribution in [-0.2, 0) is 18.0 Å². The minimum atomic E-state index is 0.676. The maximum absolute atomic E-state index is 5.61. The van der Waals surface area contributed by atoms with Crippen LogP contribution in [0.2, 0.25) is 0 Å². The molecule has 0 aliphatic carbocycles. The molecule has 0 unspecified atom stereocenters. The van der Waals surface area contributed by atoms with Crippen molar-refractivity contribution in [1.29, 1.82) is 0 Å². The highest BCUT2D eigenvalue weighted by Crippen LogP contribution is 2.05. The first kappa shape index (κ1) is 14.5. The van der Waals surface area contributed by atoms with Gasteiger partial charge in [0.1, 0.15) is 0 Å². The van der Waals surface area contributed by atoms with Crippen LogP contribution < -0.4 is 0 Å². The van der Waals surface area contributed by atoms with Gasteiger partial charge in [0.25, 0.3) is 0 Å². The lowest BCUT2D eigenvalue weighted by Gasteiger charge is -2.03. The van der Waals surface area contributed by atoms with Gasteiger partial charge in [-0.1, -0.05) is 72.8 Å². The first-order chi connectivity index (χ1) is 9.95. The molecule has 0 bridgehead atoms. The van der Waals surface area contributed by atoms with Crippen LogP contribution in [0.15, 0.2) is 83.6 Å². The maximum Gasteiger partial charge on any atom is 0.0721 e. The van der Waals surface area contributed by atoms with E-state index in [-0.39, 0.29) is 0 Å². The summed E-state index contributed by atoms with van der Waals surface area (Å²) in [6, 6.07) is 24.5. The Morgan fingerprint density at radius 1 is 0.600 bits per heavy atom. The normalized spacial score (nSPS) is 9.60. The molecular formula is C18H18OS. The van der Waals surface area contributed by atoms with E-state index in [0.29, 0.717) is 13.2 Å². The molecule has 1 heterocycles. The second-order valence-corrected chi connectivity index (χ2v) is 5.07. The standard InChI is InChI=1S/C14H14O.C4H4S/c1-3-7-13(8-4-1)11-15-12-14-9-5-2-6-10-14;1-2-4-5-3-1/h1-10H,11-12H2;1-4H. The van der Waals surface area contributed by atoms with Gasteiger partial charge in [-0.05, 0) is 21.9 Å². The quantitative estimate of drug-likeness (QED) is 0.643. The molecule has 0 aliphatic heterocycles. The van der Waals surface area contributed by atoms with Crippen molar-refractivity contribution in [2.45, 2.75) is 13.2 Å². The smallest absolute Gasteiger partial charge is 0.0721 e. The van der Waals surface area contributed by atoms with Crippen LogP contribution in [0.3, 0.4) is 0 Å². The Morgan fingerprint density at radius 2 is 1.05 bits per heavy atom. The van der Waals surface area contributed by atoms with E-state index in [2.05, 4.69) is 24.3 Å². The van der Waals surface area contributed by atoms with Gasteiger partial charge in [-0.2, -0.15) is 11.3 Å². The van der Waals surface area contributed by atoms with Crippen molar-refractivity contribution in [2.75, 3.05) is 0 Å². The molecule has 0 saturated heterocycles. The molecule has 20 heavy (non-hydrogen) atoms. The van der Waals surface area contributed by atoms with Crippen molar-refractivity contribution in [2.24, 2.45) is 0 Å². The molecule has 0 aliphatic rings. The van der Waals surface area contributed by atoms with Crippen molar-refractivity contribution >= 4 is 11.3 Å². The summed E-state index contributed by atoms with van der Waals surface area (Å²) in [6.07, 6.45) is 0. The summed E-state index contributed by atoms with van der Waals surface area (Å²) in [5.74, 6) is 0. The van der Waals surface area contributed by atoms with Crippen molar-refractivity contribution < 1.29 is 4.74 Å². The summed E-state index contributed by atoms with van der Waals surface area (Å²) < 4.78 is 5.61. The number of hydrogen-bond acceptors (Lipinski definition) is 2. The largest absolute Gasteiger partial charge is 0.372 e. The Hall–Kier alpha value is -1.90. The van der Waals surface area contributed by atoms with E-state index in [1.54, 1.807) is 11.3 Å². The summed E-state index contributed by atoms with van der Waals surface area (Å²) in [5, 5.41) is 4.08. The summed E-state index contributed by atoms with van der Waals surface area (Å²) in [5.41, 5.74) is 2.43. The van der Waals surface area contributed by atoms with Gasteiger partial charge >= 0.3 is 0 Å². The second-order valence-electron chi connectivity index (χ2n) is 4.26. The number of benzene rings is 2. The summed E-state index contributed by atoms with van der Waals surface area (Å²) in [6.45, 7) is 1.35. The van der Waals surface area contributed by atoms with E-state index in [0.717, 1.165) is 0 Å². The predicted molar refractivity (Wildman–Crippen MR) is 85.7 cm³/mol. The monoisotopic (exact) mass is 282 g/mol. The molecule has 0 N–H and O–H groups in total. The SMILES string of the molecule is c1ccc(COCc2ccccc2)cc1.c1ccsc1. The third-order valence-corrected chi connectivity index (χ3v) is 3.28. The average molecular weight is 282 g/mol. The predicted octanol–water partition coefficient (Wildman–Crippen LogP) is 5.15. The third kappa shape index (κ3) is 5.83. The Balaban J connectivity index is 0.000000247. The van der Waals surface area contributed by atoms with Crippen LogP contribution in [0.4, 0.5) is 0 Å². The topological polar surface area (TPSA) is 9.23 Å². The van der Waals surface area contributed by atoms with Crippen molar-refractivity contribution in [3.63, 3.8) is 0 Å². The molecule has 0 atom stereocenters. The van der Waals surface area contributed by atoms with Crippen molar-refractivity contribution in [3.8, 4) is 0 Å². The van der Waals surface area contributed by atoms with Gasteiger partial charge in [-0.3, -0.25) is 0 Å².